The first-order chi connectivity index (χ1) is 28.1. The van der Waals surface area contributed by atoms with Gasteiger partial charge in [-0.05, 0) is 113 Å². The Morgan fingerprint density at radius 2 is 1.03 bits per heavy atom. The molecule has 1 N–H and O–H groups in total. The van der Waals surface area contributed by atoms with E-state index in [0.29, 0.717) is 18.5 Å². The van der Waals surface area contributed by atoms with Crippen LogP contribution in [0.15, 0.2) is 68.8 Å². The lowest BCUT2D eigenvalue weighted by Gasteiger charge is -2.29. The topological polar surface area (TPSA) is 130 Å². The van der Waals surface area contributed by atoms with Crippen LogP contribution in [0.2, 0.25) is 0 Å². The maximum atomic E-state index is 11.8. The van der Waals surface area contributed by atoms with Gasteiger partial charge >= 0.3 is 0 Å². The van der Waals surface area contributed by atoms with E-state index >= 15 is 0 Å². The predicted molar refractivity (Wildman–Crippen MR) is 263 cm³/mol. The van der Waals surface area contributed by atoms with Gasteiger partial charge in [-0.15, -0.1) is 5.23 Å². The first-order valence-corrected chi connectivity index (χ1v) is 21.7. The van der Waals surface area contributed by atoms with Crippen LogP contribution in [0, 0.1) is 0 Å². The van der Waals surface area contributed by atoms with Gasteiger partial charge in [0.1, 0.15) is 16.9 Å². The second-order valence-corrected chi connectivity index (χ2v) is 17.9. The van der Waals surface area contributed by atoms with Crippen molar-refractivity contribution in [2.24, 2.45) is 0 Å². The Labute approximate surface area is 391 Å². The van der Waals surface area contributed by atoms with E-state index < -0.39 is 43.1 Å². The molecule has 0 aromatic carbocycles. The second kappa shape index (κ2) is 24.6. The van der Waals surface area contributed by atoms with Crippen molar-refractivity contribution in [3.8, 4) is 0 Å². The second-order valence-electron chi connectivity index (χ2n) is 15.2. The molecule has 60 heavy (non-hydrogen) atoms. The molecule has 27 heteroatoms. The highest BCUT2D eigenvalue weighted by Crippen LogP contribution is 2.40. The van der Waals surface area contributed by atoms with Gasteiger partial charge in [0.2, 0.25) is 17.7 Å². The predicted octanol–water partition coefficient (Wildman–Crippen LogP) is 2.35. The Hall–Kier alpha value is -2.20. The monoisotopic (exact) mass is 983 g/mol. The molecule has 3 aromatic heterocycles. The molecule has 294 valence electrons. The zero-order valence-electron chi connectivity index (χ0n) is 34.3. The van der Waals surface area contributed by atoms with E-state index in [1.54, 1.807) is 47.0 Å². The van der Waals surface area contributed by atoms with Crippen molar-refractivity contribution in [3.63, 3.8) is 0 Å². The van der Waals surface area contributed by atoms with Crippen LogP contribution in [-0.4, -0.2) is 150 Å². The standard InChI is InChI=1S/C15H21N3O3.C9H9BrN2O.C5H3Br2N.C4H7NO.B12/c1-14(2)15(3,4)21-18(20-14)12-8-11(9-16-10-12)17-7-5-6-13(17)19;10-7-4-8(6-11-5-7)12-3-1-2-9(12)13;6-4-1-5(7)3-8-2-4;6-4-2-1-3-5-4;1-8(2)11(7)12(9(3)4)10(5)6/h8-10H,5-7H2,1-4H3;4-6H,1-3H2;1-3H;1-3H2,(H,5,6);. The number of carbonyl (C=O) groups is 3. The Morgan fingerprint density at radius 3 is 1.35 bits per heavy atom. The molecule has 7 heterocycles. The van der Waals surface area contributed by atoms with Gasteiger partial charge in [0.25, 0.3) is 0 Å². The van der Waals surface area contributed by atoms with E-state index in [1.165, 1.54) is 5.23 Å². The van der Waals surface area contributed by atoms with Crippen LogP contribution in [-0.2, 0) is 24.1 Å². The molecular formula is C33H40B12Br3N7O5. The number of rotatable bonds is 7. The number of hydrogen-bond acceptors (Lipinski definition) is 9. The van der Waals surface area contributed by atoms with E-state index in [2.05, 4.69) is 68.1 Å². The fourth-order valence-electron chi connectivity index (χ4n) is 5.79. The summed E-state index contributed by atoms with van der Waals surface area (Å²) in [7, 11) is 37.9. The summed E-state index contributed by atoms with van der Waals surface area (Å²) in [6.45, 7) is 10.4. The molecule has 3 amide bonds. The van der Waals surface area contributed by atoms with E-state index in [0.717, 1.165) is 70.1 Å². The molecular weight excluding hydrogens is 944 g/mol. The summed E-state index contributed by atoms with van der Waals surface area (Å²) in [6.07, 6.45) is 11.9. The number of amides is 3. The van der Waals surface area contributed by atoms with Crippen LogP contribution >= 0.6 is 47.8 Å². The third kappa shape index (κ3) is 16.2. The van der Waals surface area contributed by atoms with Crippen molar-refractivity contribution in [1.82, 2.24) is 20.3 Å². The summed E-state index contributed by atoms with van der Waals surface area (Å²) in [5.41, 5.74) is 1.45. The molecule has 0 spiro atoms. The highest BCUT2D eigenvalue weighted by atomic mass is 79.9. The van der Waals surface area contributed by atoms with Crippen LogP contribution in [0.4, 0.5) is 17.1 Å². The quantitative estimate of drug-likeness (QED) is 0.355. The highest BCUT2D eigenvalue weighted by Gasteiger charge is 2.50. The fraction of sp³-hybridized carbons (Fsp3) is 0.455. The van der Waals surface area contributed by atoms with Gasteiger partial charge < -0.3 is 15.1 Å². The molecule has 7 rings (SSSR count). The molecule has 3 aromatic rings. The van der Waals surface area contributed by atoms with Crippen molar-refractivity contribution < 1.29 is 24.1 Å². The molecule has 4 aliphatic heterocycles. The Bertz CT molecular complexity index is 1830. The smallest absolute Gasteiger partial charge is 0.227 e. The SMILES string of the molecule is Brc1cncc(Br)c1.CC1(C)ON(c2cncc(N3CCCC3=O)c2)OC1(C)C.O=C1CCCN1.O=C1CCCN1c1cncc(Br)c1.[B]B([B])B([B])B(B([B])[B])B([B])[B]. The van der Waals surface area contributed by atoms with Crippen molar-refractivity contribution in [3.05, 3.63) is 68.8 Å². The summed E-state index contributed by atoms with van der Waals surface area (Å²) in [6, 6.07) is 5.72. The van der Waals surface area contributed by atoms with Gasteiger partial charge in [0, 0.05) is 157 Å². The number of halogens is 3. The third-order valence-electron chi connectivity index (χ3n) is 9.81. The van der Waals surface area contributed by atoms with Crippen LogP contribution in [0.5, 0.6) is 0 Å². The largest absolute Gasteiger partial charge is 0.356 e. The number of nitrogens with one attached hydrogen (secondary N) is 1. The van der Waals surface area contributed by atoms with Gasteiger partial charge in [-0.1, -0.05) is 0 Å². The number of hydrogen-bond donors (Lipinski definition) is 1. The number of carbonyl (C=O) groups excluding carboxylic acids is 3. The lowest BCUT2D eigenvalue weighted by molar-refractivity contribution is -0.119. The molecule has 12 nitrogen and oxygen atoms in total. The Morgan fingerprint density at radius 1 is 0.600 bits per heavy atom. The van der Waals surface area contributed by atoms with Crippen LogP contribution in [0.3, 0.4) is 0 Å². The van der Waals surface area contributed by atoms with Crippen molar-refractivity contribution in [2.75, 3.05) is 34.7 Å². The minimum Gasteiger partial charge on any atom is -0.356 e. The maximum Gasteiger partial charge on any atom is 0.227 e. The molecule has 14 radical (unpaired) electrons. The molecule has 4 fully saturated rings. The number of pyridine rings is 3. The normalized spacial score (nSPS) is 17.1. The van der Waals surface area contributed by atoms with Crippen molar-refractivity contribution >= 4 is 169 Å². The van der Waals surface area contributed by atoms with Crippen LogP contribution in [0.1, 0.15) is 66.2 Å². The first kappa shape index (κ1) is 52.1. The molecule has 4 aliphatic rings. The zero-order valence-corrected chi connectivity index (χ0v) is 39.1. The van der Waals surface area contributed by atoms with E-state index in [1.807, 2.05) is 45.9 Å². The van der Waals surface area contributed by atoms with Gasteiger partial charge in [0.15, 0.2) is 0 Å². The third-order valence-corrected chi connectivity index (χ3v) is 11.1. The van der Waals surface area contributed by atoms with Crippen molar-refractivity contribution in [2.45, 2.75) is 77.4 Å². The molecule has 0 atom stereocenters. The summed E-state index contributed by atoms with van der Waals surface area (Å²) in [5.74, 6) is 0.535. The Balaban J connectivity index is 0.000000214. The lowest BCUT2D eigenvalue weighted by atomic mass is 8.53. The molecule has 0 bridgehead atoms. The van der Waals surface area contributed by atoms with Crippen LogP contribution in [0.25, 0.3) is 0 Å². The van der Waals surface area contributed by atoms with E-state index in [4.69, 9.17) is 63.8 Å². The number of nitrogens with zero attached hydrogens (tertiary/aromatic N) is 6. The summed E-state index contributed by atoms with van der Waals surface area (Å²) < 4.78 is 2.89. The summed E-state index contributed by atoms with van der Waals surface area (Å²) >= 11 is 9.87. The van der Waals surface area contributed by atoms with Gasteiger partial charge in [-0.25, -0.2) is 9.68 Å². The summed E-state index contributed by atoms with van der Waals surface area (Å²) in [5, 5.41) is 4.08. The minimum atomic E-state index is -0.723. The molecule has 0 aliphatic carbocycles. The molecule has 0 saturated carbocycles. The number of anilines is 3. The van der Waals surface area contributed by atoms with Gasteiger partial charge in [-0.2, -0.15) is 0 Å². The van der Waals surface area contributed by atoms with E-state index in [-0.39, 0.29) is 17.7 Å². The lowest BCUT2D eigenvalue weighted by Crippen LogP contribution is -2.67. The summed E-state index contributed by atoms with van der Waals surface area (Å²) in [4.78, 5) is 60.7. The molecule has 0 unspecified atom stereocenters. The maximum absolute atomic E-state index is 11.8. The van der Waals surface area contributed by atoms with Gasteiger partial charge in [-0.3, -0.25) is 29.3 Å². The number of aromatic nitrogens is 3. The first-order valence-electron chi connectivity index (χ1n) is 19.3. The highest BCUT2D eigenvalue weighted by molar-refractivity contribution is 9.11. The fourth-order valence-corrected chi connectivity index (χ4v) is 7.18. The molecule has 4 saturated heterocycles. The van der Waals surface area contributed by atoms with Crippen LogP contribution < -0.4 is 20.3 Å². The zero-order chi connectivity index (χ0) is 44.8. The minimum absolute atomic E-state index is 0.137. The van der Waals surface area contributed by atoms with Crippen molar-refractivity contribution in [1.29, 1.82) is 0 Å². The van der Waals surface area contributed by atoms with E-state index in [9.17, 15) is 14.4 Å². The average molecular weight is 984 g/mol. The Kier molecular flexibility index (Phi) is 21.4. The average Bonchev–Trinajstić information content (AvgIpc) is 3.97. The van der Waals surface area contributed by atoms with Gasteiger partial charge in [0.05, 0.1) is 30.0 Å².